The first-order valence-corrected chi connectivity index (χ1v) is 8.01. The molecule has 2 atom stereocenters. The van der Waals surface area contributed by atoms with E-state index in [-0.39, 0.29) is 29.9 Å². The van der Waals surface area contributed by atoms with E-state index in [1.165, 1.54) is 0 Å². The van der Waals surface area contributed by atoms with Gasteiger partial charge in [-0.15, -0.1) is 0 Å². The van der Waals surface area contributed by atoms with Crippen LogP contribution in [-0.4, -0.2) is 38.7 Å². The Morgan fingerprint density at radius 2 is 2.06 bits per heavy atom. The molecule has 18 heavy (non-hydrogen) atoms. The van der Waals surface area contributed by atoms with Gasteiger partial charge in [0, 0.05) is 12.5 Å². The molecule has 3 nitrogen and oxygen atoms in total. The fourth-order valence-electron chi connectivity index (χ4n) is 2.11. The average molecular weight is 287 g/mol. The summed E-state index contributed by atoms with van der Waals surface area (Å²) in [7, 11) is -2.87. The topological polar surface area (TPSA) is 46.2 Å². The number of hydrogen-bond acceptors (Lipinski definition) is 3. The number of rotatable bonds is 6. The molecule has 1 aliphatic rings. The molecule has 1 fully saturated rings. The fourth-order valence-corrected chi connectivity index (χ4v) is 3.97. The Morgan fingerprint density at radius 1 is 1.39 bits per heavy atom. The highest BCUT2D eigenvalue weighted by molar-refractivity contribution is 7.91. The van der Waals surface area contributed by atoms with Crippen LogP contribution >= 0.6 is 0 Å². The lowest BCUT2D eigenvalue weighted by molar-refractivity contribution is -0.135. The second-order valence-corrected chi connectivity index (χ2v) is 7.31. The lowest BCUT2D eigenvalue weighted by Crippen LogP contribution is -2.31. The van der Waals surface area contributed by atoms with Crippen molar-refractivity contribution in [1.29, 1.82) is 0 Å². The molecule has 0 spiro atoms. The molecule has 0 aromatic heterocycles. The number of hydrogen-bond donors (Lipinski definition) is 1. The first-order valence-electron chi connectivity index (χ1n) is 6.18. The number of nitrogens with one attached hydrogen (secondary N) is 1. The van der Waals surface area contributed by atoms with Gasteiger partial charge in [0.2, 0.25) is 0 Å². The predicted octanol–water partition coefficient (Wildman–Crippen LogP) is 2.13. The van der Waals surface area contributed by atoms with Gasteiger partial charge in [-0.1, -0.05) is 0 Å². The highest BCUT2D eigenvalue weighted by Gasteiger charge is 2.28. The van der Waals surface area contributed by atoms with Gasteiger partial charge in [0.05, 0.1) is 11.5 Å². The molecular weight excluding hydrogens is 267 g/mol. The van der Waals surface area contributed by atoms with Gasteiger partial charge in [-0.25, -0.2) is 8.42 Å². The molecule has 0 radical (unpaired) electrons. The van der Waals surface area contributed by atoms with E-state index in [9.17, 15) is 21.6 Å². The summed E-state index contributed by atoms with van der Waals surface area (Å²) < 4.78 is 58.2. The summed E-state index contributed by atoms with van der Waals surface area (Å²) in [5.41, 5.74) is 0. The minimum absolute atomic E-state index is 0.00402. The Bertz CT molecular complexity index is 354. The third-order valence-corrected chi connectivity index (χ3v) is 5.02. The fraction of sp³-hybridized carbons (Fsp3) is 1.00. The Hall–Kier alpha value is -0.300. The van der Waals surface area contributed by atoms with Crippen molar-refractivity contribution in [1.82, 2.24) is 5.32 Å². The van der Waals surface area contributed by atoms with E-state index in [0.717, 1.165) is 0 Å². The van der Waals surface area contributed by atoms with Crippen molar-refractivity contribution >= 4 is 9.84 Å². The van der Waals surface area contributed by atoms with Crippen molar-refractivity contribution in [3.05, 3.63) is 0 Å². The van der Waals surface area contributed by atoms with Gasteiger partial charge >= 0.3 is 6.18 Å². The van der Waals surface area contributed by atoms with Crippen LogP contribution in [0.25, 0.3) is 0 Å². The zero-order valence-electron chi connectivity index (χ0n) is 10.5. The van der Waals surface area contributed by atoms with Gasteiger partial charge in [0.1, 0.15) is 0 Å². The smallest absolute Gasteiger partial charge is 0.314 e. The number of sulfone groups is 1. The van der Waals surface area contributed by atoms with Crippen LogP contribution in [0.3, 0.4) is 0 Å². The van der Waals surface area contributed by atoms with Crippen LogP contribution in [0.4, 0.5) is 13.2 Å². The minimum atomic E-state index is -4.08. The van der Waals surface area contributed by atoms with Gasteiger partial charge in [-0.2, -0.15) is 13.2 Å². The molecule has 0 aromatic rings. The maximum Gasteiger partial charge on any atom is 0.389 e. The summed E-state index contributed by atoms with van der Waals surface area (Å²) in [4.78, 5) is 0. The van der Waals surface area contributed by atoms with E-state index in [1.54, 1.807) is 0 Å². The van der Waals surface area contributed by atoms with Crippen LogP contribution in [0.5, 0.6) is 0 Å². The lowest BCUT2D eigenvalue weighted by atomic mass is 10.1. The number of alkyl halides is 3. The minimum Gasteiger partial charge on any atom is -0.314 e. The monoisotopic (exact) mass is 287 g/mol. The van der Waals surface area contributed by atoms with E-state index in [0.29, 0.717) is 19.4 Å². The van der Waals surface area contributed by atoms with Crippen molar-refractivity contribution < 1.29 is 21.6 Å². The van der Waals surface area contributed by atoms with Crippen LogP contribution in [-0.2, 0) is 9.84 Å². The van der Waals surface area contributed by atoms with Gasteiger partial charge in [-0.3, -0.25) is 0 Å². The molecule has 1 aliphatic heterocycles. The maximum atomic E-state index is 11.9. The summed E-state index contributed by atoms with van der Waals surface area (Å²) >= 11 is 0. The Balaban J connectivity index is 2.12. The highest BCUT2D eigenvalue weighted by atomic mass is 32.2. The second kappa shape index (κ2) is 6.23. The quantitative estimate of drug-likeness (QED) is 0.814. The third-order valence-electron chi connectivity index (χ3n) is 3.18. The molecule has 1 rings (SSSR count). The molecule has 1 saturated heterocycles. The SMILES string of the molecule is CC(CCCC(F)(F)F)NCC1CCS(=O)(=O)C1. The Labute approximate surface area is 106 Å². The van der Waals surface area contributed by atoms with Crippen LogP contribution in [0.1, 0.15) is 32.6 Å². The van der Waals surface area contributed by atoms with E-state index < -0.39 is 22.4 Å². The second-order valence-electron chi connectivity index (χ2n) is 5.09. The molecule has 0 aliphatic carbocycles. The van der Waals surface area contributed by atoms with Crippen molar-refractivity contribution in [2.45, 2.75) is 44.8 Å². The molecule has 1 heterocycles. The standard InChI is InChI=1S/C11H20F3NO2S/c1-9(3-2-5-11(12,13)14)15-7-10-4-6-18(16,17)8-10/h9-10,15H,2-8H2,1H3. The van der Waals surface area contributed by atoms with E-state index in [4.69, 9.17) is 0 Å². The van der Waals surface area contributed by atoms with Gasteiger partial charge in [-0.05, 0) is 38.6 Å². The lowest BCUT2D eigenvalue weighted by Gasteiger charge is -2.16. The Kier molecular flexibility index (Phi) is 5.46. The molecule has 1 N–H and O–H groups in total. The number of halogens is 3. The predicted molar refractivity (Wildman–Crippen MR) is 64.1 cm³/mol. The summed E-state index contributed by atoms with van der Waals surface area (Å²) in [6, 6.07) is -0.00402. The third kappa shape index (κ3) is 6.58. The van der Waals surface area contributed by atoms with E-state index in [2.05, 4.69) is 5.32 Å². The van der Waals surface area contributed by atoms with Crippen LogP contribution in [0.15, 0.2) is 0 Å². The van der Waals surface area contributed by atoms with E-state index >= 15 is 0 Å². The average Bonchev–Trinajstić information content (AvgIpc) is 2.53. The van der Waals surface area contributed by atoms with Crippen LogP contribution in [0, 0.1) is 5.92 Å². The highest BCUT2D eigenvalue weighted by Crippen LogP contribution is 2.23. The Morgan fingerprint density at radius 3 is 2.56 bits per heavy atom. The summed E-state index contributed by atoms with van der Waals surface area (Å²) in [5.74, 6) is 0.553. The van der Waals surface area contributed by atoms with Gasteiger partial charge in [0.25, 0.3) is 0 Å². The zero-order valence-corrected chi connectivity index (χ0v) is 11.3. The zero-order chi connectivity index (χ0) is 13.8. The maximum absolute atomic E-state index is 11.9. The normalized spacial score (nSPS) is 25.2. The first-order chi connectivity index (χ1) is 8.18. The summed E-state index contributed by atoms with van der Waals surface area (Å²) in [6.07, 6.45) is -3.61. The van der Waals surface area contributed by atoms with Crippen molar-refractivity contribution in [2.75, 3.05) is 18.1 Å². The summed E-state index contributed by atoms with van der Waals surface area (Å²) in [5, 5.41) is 3.12. The molecule has 2 unspecified atom stereocenters. The largest absolute Gasteiger partial charge is 0.389 e. The molecule has 0 aromatic carbocycles. The molecular formula is C11H20F3NO2S. The first kappa shape index (κ1) is 15.8. The van der Waals surface area contributed by atoms with Gasteiger partial charge < -0.3 is 5.32 Å². The van der Waals surface area contributed by atoms with Gasteiger partial charge in [0.15, 0.2) is 9.84 Å². The van der Waals surface area contributed by atoms with Crippen molar-refractivity contribution in [3.63, 3.8) is 0 Å². The molecule has 7 heteroatoms. The molecule has 0 saturated carbocycles. The molecule has 0 bridgehead atoms. The van der Waals surface area contributed by atoms with Crippen molar-refractivity contribution in [3.8, 4) is 0 Å². The van der Waals surface area contributed by atoms with Crippen molar-refractivity contribution in [2.24, 2.45) is 5.92 Å². The summed E-state index contributed by atoms with van der Waals surface area (Å²) in [6.45, 7) is 2.41. The van der Waals surface area contributed by atoms with Crippen LogP contribution < -0.4 is 5.32 Å². The molecule has 108 valence electrons. The van der Waals surface area contributed by atoms with E-state index in [1.807, 2.05) is 6.92 Å². The van der Waals surface area contributed by atoms with Crippen LogP contribution in [0.2, 0.25) is 0 Å². The molecule has 0 amide bonds.